The summed E-state index contributed by atoms with van der Waals surface area (Å²) in [6.07, 6.45) is -2.44. The first-order chi connectivity index (χ1) is 10.2. The second-order valence-corrected chi connectivity index (χ2v) is 6.11. The first-order valence-corrected chi connectivity index (χ1v) is 6.91. The van der Waals surface area contributed by atoms with Crippen molar-refractivity contribution in [2.75, 3.05) is 5.32 Å². The lowest BCUT2D eigenvalue weighted by molar-refractivity contribution is 0.0635. The molecule has 0 unspecified atom stereocenters. The Morgan fingerprint density at radius 2 is 2.05 bits per heavy atom. The molecule has 0 saturated carbocycles. The fourth-order valence-corrected chi connectivity index (χ4v) is 2.11. The van der Waals surface area contributed by atoms with Crippen LogP contribution in [0.25, 0.3) is 10.9 Å². The van der Waals surface area contributed by atoms with Gasteiger partial charge in [-0.25, -0.2) is 13.6 Å². The second-order valence-electron chi connectivity index (χ2n) is 5.67. The van der Waals surface area contributed by atoms with Crippen LogP contribution in [0.4, 0.5) is 19.3 Å². The number of alkyl halides is 2. The highest BCUT2D eigenvalue weighted by Gasteiger charge is 2.22. The molecule has 0 aliphatic carbocycles. The molecule has 1 N–H and O–H groups in total. The van der Waals surface area contributed by atoms with Crippen LogP contribution in [0.15, 0.2) is 24.4 Å². The Hall–Kier alpha value is -1.95. The van der Waals surface area contributed by atoms with Gasteiger partial charge in [0.1, 0.15) is 5.60 Å². The molecule has 0 bridgehead atoms. The summed E-state index contributed by atoms with van der Waals surface area (Å²) in [6.45, 7) is 5.04. The molecule has 1 amide bonds. The number of rotatable bonds is 2. The molecular weight excluding hydrogens is 314 g/mol. The van der Waals surface area contributed by atoms with Crippen LogP contribution >= 0.6 is 11.6 Å². The number of halogens is 3. The normalized spacial score (nSPS) is 11.8. The number of hydrogen-bond acceptors (Lipinski definition) is 3. The molecule has 0 aliphatic heterocycles. The quantitative estimate of drug-likeness (QED) is 0.827. The Morgan fingerprint density at radius 1 is 1.36 bits per heavy atom. The van der Waals surface area contributed by atoms with Crippen molar-refractivity contribution >= 4 is 34.3 Å². The van der Waals surface area contributed by atoms with Crippen LogP contribution in [0.5, 0.6) is 0 Å². The number of nitrogens with one attached hydrogen (secondary N) is 1. The monoisotopic (exact) mass is 328 g/mol. The van der Waals surface area contributed by atoms with Gasteiger partial charge in [-0.15, -0.1) is 0 Å². The maximum Gasteiger partial charge on any atom is 0.412 e. The zero-order valence-corrected chi connectivity index (χ0v) is 13.0. The number of hydrogen-bond donors (Lipinski definition) is 1. The highest BCUT2D eigenvalue weighted by Crippen LogP contribution is 2.34. The van der Waals surface area contributed by atoms with Crippen LogP contribution < -0.4 is 5.32 Å². The SMILES string of the molecule is CC(C)(C)OC(=O)Nc1cnc2ccc(Cl)cc2c1C(F)F. The van der Waals surface area contributed by atoms with E-state index in [2.05, 4.69) is 10.3 Å². The molecule has 0 saturated heterocycles. The van der Waals surface area contributed by atoms with E-state index in [1.54, 1.807) is 32.9 Å². The van der Waals surface area contributed by atoms with E-state index in [0.717, 1.165) is 0 Å². The Balaban J connectivity index is 2.45. The molecule has 0 spiro atoms. The topological polar surface area (TPSA) is 51.2 Å². The number of fused-ring (bicyclic) bond motifs is 1. The summed E-state index contributed by atoms with van der Waals surface area (Å²) in [4.78, 5) is 15.8. The minimum Gasteiger partial charge on any atom is -0.444 e. The molecule has 1 aromatic heterocycles. The molecule has 2 rings (SSSR count). The van der Waals surface area contributed by atoms with Gasteiger partial charge in [-0.3, -0.25) is 10.3 Å². The van der Waals surface area contributed by atoms with Crippen molar-refractivity contribution in [1.29, 1.82) is 0 Å². The predicted octanol–water partition coefficient (Wildman–Crippen LogP) is 5.17. The molecule has 1 aromatic carbocycles. The molecule has 0 radical (unpaired) electrons. The summed E-state index contributed by atoms with van der Waals surface area (Å²) in [5, 5.41) is 2.81. The fourth-order valence-electron chi connectivity index (χ4n) is 1.93. The third-order valence-corrected chi connectivity index (χ3v) is 2.96. The number of carbonyl (C=O) groups is 1. The number of carbonyl (C=O) groups excluding carboxylic acids is 1. The van der Waals surface area contributed by atoms with Gasteiger partial charge >= 0.3 is 6.09 Å². The maximum atomic E-state index is 13.4. The van der Waals surface area contributed by atoms with Crippen molar-refractivity contribution in [2.45, 2.75) is 32.8 Å². The molecular formula is C15H15ClF2N2O2. The Morgan fingerprint density at radius 3 is 2.64 bits per heavy atom. The smallest absolute Gasteiger partial charge is 0.412 e. The van der Waals surface area contributed by atoms with Gasteiger partial charge in [0.15, 0.2) is 0 Å². The first kappa shape index (κ1) is 16.4. The van der Waals surface area contributed by atoms with Gasteiger partial charge in [0.05, 0.1) is 23.0 Å². The molecule has 0 fully saturated rings. The predicted molar refractivity (Wildman–Crippen MR) is 81.6 cm³/mol. The number of aromatic nitrogens is 1. The van der Waals surface area contributed by atoms with Gasteiger partial charge in [0.2, 0.25) is 0 Å². The lowest BCUT2D eigenvalue weighted by Gasteiger charge is -2.20. The third kappa shape index (κ3) is 3.82. The molecule has 118 valence electrons. The van der Waals surface area contributed by atoms with Crippen LogP contribution in [-0.4, -0.2) is 16.7 Å². The Bertz CT molecular complexity index is 714. The van der Waals surface area contributed by atoms with Gasteiger partial charge in [-0.2, -0.15) is 0 Å². The number of ether oxygens (including phenoxy) is 1. The van der Waals surface area contributed by atoms with Crippen LogP contribution in [-0.2, 0) is 4.74 Å². The zero-order chi connectivity index (χ0) is 16.5. The molecule has 4 nitrogen and oxygen atoms in total. The number of anilines is 1. The van der Waals surface area contributed by atoms with E-state index < -0.39 is 18.1 Å². The van der Waals surface area contributed by atoms with Crippen molar-refractivity contribution in [3.63, 3.8) is 0 Å². The van der Waals surface area contributed by atoms with Gasteiger partial charge in [0.25, 0.3) is 6.43 Å². The fraction of sp³-hybridized carbons (Fsp3) is 0.333. The minimum absolute atomic E-state index is 0.0981. The number of amides is 1. The third-order valence-electron chi connectivity index (χ3n) is 2.73. The van der Waals surface area contributed by atoms with Gasteiger partial charge < -0.3 is 4.74 Å². The summed E-state index contributed by atoms with van der Waals surface area (Å²) >= 11 is 5.86. The van der Waals surface area contributed by atoms with E-state index in [9.17, 15) is 13.6 Å². The number of pyridine rings is 1. The van der Waals surface area contributed by atoms with Gasteiger partial charge in [-0.05, 0) is 39.0 Å². The van der Waals surface area contributed by atoms with Crippen LogP contribution in [0.1, 0.15) is 32.8 Å². The van der Waals surface area contributed by atoms with Crippen LogP contribution in [0.3, 0.4) is 0 Å². The van der Waals surface area contributed by atoms with E-state index in [4.69, 9.17) is 16.3 Å². The second kappa shape index (κ2) is 6.04. The standard InChI is InChI=1S/C15H15ClF2N2O2/c1-15(2,3)22-14(21)20-11-7-19-10-5-4-8(16)6-9(10)12(11)13(17)18/h4-7,13H,1-3H3,(H,20,21). The lowest BCUT2D eigenvalue weighted by Crippen LogP contribution is -2.27. The molecule has 22 heavy (non-hydrogen) atoms. The number of benzene rings is 1. The van der Waals surface area contributed by atoms with Crippen LogP contribution in [0.2, 0.25) is 5.02 Å². The molecule has 1 heterocycles. The Kier molecular flexibility index (Phi) is 4.51. The summed E-state index contributed by atoms with van der Waals surface area (Å²) < 4.78 is 31.9. The molecule has 0 aliphatic rings. The van der Waals surface area contributed by atoms with Gasteiger partial charge in [-0.1, -0.05) is 11.6 Å². The van der Waals surface area contributed by atoms with Crippen LogP contribution in [0, 0.1) is 0 Å². The summed E-state index contributed by atoms with van der Waals surface area (Å²) in [6, 6.07) is 4.50. The summed E-state index contributed by atoms with van der Waals surface area (Å²) in [5.74, 6) is 0. The van der Waals surface area contributed by atoms with E-state index in [0.29, 0.717) is 10.5 Å². The van der Waals surface area contributed by atoms with Crippen molar-refractivity contribution < 1.29 is 18.3 Å². The van der Waals surface area contributed by atoms with Crippen molar-refractivity contribution in [2.24, 2.45) is 0 Å². The van der Waals surface area contributed by atoms with Gasteiger partial charge in [0, 0.05) is 10.4 Å². The van der Waals surface area contributed by atoms with E-state index in [1.165, 1.54) is 12.3 Å². The molecule has 2 aromatic rings. The summed E-state index contributed by atoms with van der Waals surface area (Å²) in [5.41, 5.74) is -0.797. The summed E-state index contributed by atoms with van der Waals surface area (Å²) in [7, 11) is 0. The van der Waals surface area contributed by atoms with Crippen molar-refractivity contribution in [3.8, 4) is 0 Å². The van der Waals surface area contributed by atoms with E-state index in [-0.39, 0.29) is 16.6 Å². The minimum atomic E-state index is -2.80. The van der Waals surface area contributed by atoms with Crippen molar-refractivity contribution in [3.05, 3.63) is 35.0 Å². The largest absolute Gasteiger partial charge is 0.444 e. The van der Waals surface area contributed by atoms with Crippen molar-refractivity contribution in [1.82, 2.24) is 4.98 Å². The highest BCUT2D eigenvalue weighted by molar-refractivity contribution is 6.31. The Labute approximate surface area is 131 Å². The first-order valence-electron chi connectivity index (χ1n) is 6.53. The number of nitrogens with zero attached hydrogens (tertiary/aromatic N) is 1. The van der Waals surface area contributed by atoms with E-state index in [1.807, 2.05) is 0 Å². The average molecular weight is 329 g/mol. The molecule has 0 atom stereocenters. The van der Waals surface area contributed by atoms with E-state index >= 15 is 0 Å². The lowest BCUT2D eigenvalue weighted by atomic mass is 10.1. The zero-order valence-electron chi connectivity index (χ0n) is 12.3. The molecule has 7 heteroatoms. The average Bonchev–Trinajstić information content (AvgIpc) is 2.35. The highest BCUT2D eigenvalue weighted by atomic mass is 35.5. The maximum absolute atomic E-state index is 13.4.